The molecule has 0 fully saturated rings. The lowest BCUT2D eigenvalue weighted by Gasteiger charge is -2.19. The van der Waals surface area contributed by atoms with Crippen molar-refractivity contribution in [2.75, 3.05) is 13.1 Å². The van der Waals surface area contributed by atoms with Crippen LogP contribution >= 0.6 is 0 Å². The molecular weight excluding hydrogens is 250 g/mol. The van der Waals surface area contributed by atoms with Gasteiger partial charge < -0.3 is 4.90 Å². The van der Waals surface area contributed by atoms with E-state index in [9.17, 15) is 4.79 Å². The van der Waals surface area contributed by atoms with Crippen molar-refractivity contribution < 1.29 is 4.79 Å². The molecule has 0 atom stereocenters. The number of aryl methyl sites for hydroxylation is 1. The third-order valence-corrected chi connectivity index (χ3v) is 3.29. The first-order valence-corrected chi connectivity index (χ1v) is 6.85. The van der Waals surface area contributed by atoms with E-state index in [-0.39, 0.29) is 5.91 Å². The van der Waals surface area contributed by atoms with Crippen molar-refractivity contribution in [2.45, 2.75) is 20.8 Å². The molecule has 1 aromatic carbocycles. The number of hydrogen-bond acceptors (Lipinski definition) is 3. The van der Waals surface area contributed by atoms with E-state index in [2.05, 4.69) is 9.97 Å². The van der Waals surface area contributed by atoms with E-state index in [0.29, 0.717) is 24.5 Å². The molecule has 4 nitrogen and oxygen atoms in total. The summed E-state index contributed by atoms with van der Waals surface area (Å²) >= 11 is 0. The Hall–Kier alpha value is -2.23. The van der Waals surface area contributed by atoms with E-state index >= 15 is 0 Å². The topological polar surface area (TPSA) is 46.1 Å². The lowest BCUT2D eigenvalue weighted by molar-refractivity contribution is 0.0771. The summed E-state index contributed by atoms with van der Waals surface area (Å²) in [5.41, 5.74) is 2.25. The normalized spacial score (nSPS) is 10.3. The van der Waals surface area contributed by atoms with Gasteiger partial charge in [-0.25, -0.2) is 9.97 Å². The molecule has 0 aliphatic carbocycles. The van der Waals surface area contributed by atoms with E-state index in [1.165, 1.54) is 0 Å². The third kappa shape index (κ3) is 2.85. The first-order chi connectivity index (χ1) is 9.67. The molecule has 0 saturated carbocycles. The molecule has 0 bridgehead atoms. The van der Waals surface area contributed by atoms with Crippen LogP contribution in [0.4, 0.5) is 0 Å². The van der Waals surface area contributed by atoms with Crippen LogP contribution in [-0.2, 0) is 0 Å². The standard InChI is InChI=1S/C16H19N3O/c1-4-19(5-2)16(20)14-11-17-15(18-12(14)3)13-9-7-6-8-10-13/h6-11H,4-5H2,1-3H3. The van der Waals surface area contributed by atoms with Gasteiger partial charge in [-0.3, -0.25) is 4.79 Å². The fraction of sp³-hybridized carbons (Fsp3) is 0.312. The van der Waals surface area contributed by atoms with Crippen molar-refractivity contribution in [3.05, 3.63) is 47.8 Å². The summed E-state index contributed by atoms with van der Waals surface area (Å²) < 4.78 is 0. The van der Waals surface area contributed by atoms with Crippen LogP contribution < -0.4 is 0 Å². The molecule has 0 aliphatic heterocycles. The van der Waals surface area contributed by atoms with Crippen LogP contribution in [0.5, 0.6) is 0 Å². The summed E-state index contributed by atoms with van der Waals surface area (Å²) in [5.74, 6) is 0.645. The molecule has 4 heteroatoms. The van der Waals surface area contributed by atoms with Gasteiger partial charge in [-0.05, 0) is 20.8 Å². The number of carbonyl (C=O) groups is 1. The van der Waals surface area contributed by atoms with Gasteiger partial charge in [0.05, 0.1) is 11.3 Å². The van der Waals surface area contributed by atoms with Crippen LogP contribution in [-0.4, -0.2) is 33.9 Å². The maximum absolute atomic E-state index is 12.3. The number of benzene rings is 1. The average Bonchev–Trinajstić information content (AvgIpc) is 2.49. The fourth-order valence-corrected chi connectivity index (χ4v) is 2.08. The minimum atomic E-state index is -0.00730. The van der Waals surface area contributed by atoms with E-state index < -0.39 is 0 Å². The zero-order valence-corrected chi connectivity index (χ0v) is 12.1. The smallest absolute Gasteiger partial charge is 0.257 e. The summed E-state index contributed by atoms with van der Waals surface area (Å²) in [7, 11) is 0. The molecule has 0 spiro atoms. The molecule has 0 saturated heterocycles. The maximum atomic E-state index is 12.3. The SMILES string of the molecule is CCN(CC)C(=O)c1cnc(-c2ccccc2)nc1C. The van der Waals surface area contributed by atoms with Gasteiger partial charge in [-0.1, -0.05) is 30.3 Å². The second-order valence-electron chi connectivity index (χ2n) is 4.54. The minimum Gasteiger partial charge on any atom is -0.339 e. The minimum absolute atomic E-state index is 0.00730. The monoisotopic (exact) mass is 269 g/mol. The van der Waals surface area contributed by atoms with Gasteiger partial charge in [0.2, 0.25) is 0 Å². The summed E-state index contributed by atoms with van der Waals surface area (Å²) in [4.78, 5) is 22.9. The largest absolute Gasteiger partial charge is 0.339 e. The van der Waals surface area contributed by atoms with Gasteiger partial charge in [-0.2, -0.15) is 0 Å². The summed E-state index contributed by atoms with van der Waals surface area (Å²) in [6.45, 7) is 7.17. The molecule has 1 aromatic heterocycles. The first kappa shape index (κ1) is 14.2. The van der Waals surface area contributed by atoms with Crippen molar-refractivity contribution >= 4 is 5.91 Å². The summed E-state index contributed by atoms with van der Waals surface area (Å²) in [6.07, 6.45) is 1.63. The zero-order valence-electron chi connectivity index (χ0n) is 12.1. The van der Waals surface area contributed by atoms with E-state index in [1.54, 1.807) is 11.1 Å². The van der Waals surface area contributed by atoms with Crippen LogP contribution in [0, 0.1) is 6.92 Å². The lowest BCUT2D eigenvalue weighted by atomic mass is 10.1. The van der Waals surface area contributed by atoms with Gasteiger partial charge in [0, 0.05) is 24.8 Å². The van der Waals surface area contributed by atoms with Crippen LogP contribution in [0.25, 0.3) is 11.4 Å². The highest BCUT2D eigenvalue weighted by Crippen LogP contribution is 2.16. The van der Waals surface area contributed by atoms with Gasteiger partial charge in [-0.15, -0.1) is 0 Å². The number of carbonyl (C=O) groups excluding carboxylic acids is 1. The van der Waals surface area contributed by atoms with Crippen molar-refractivity contribution in [1.82, 2.24) is 14.9 Å². The molecule has 0 aliphatic rings. The van der Waals surface area contributed by atoms with Crippen molar-refractivity contribution in [3.8, 4) is 11.4 Å². The third-order valence-electron chi connectivity index (χ3n) is 3.29. The first-order valence-electron chi connectivity index (χ1n) is 6.85. The van der Waals surface area contributed by atoms with Crippen LogP contribution in [0.1, 0.15) is 29.9 Å². The number of aromatic nitrogens is 2. The molecule has 0 unspecified atom stereocenters. The Morgan fingerprint density at radius 3 is 2.35 bits per heavy atom. The van der Waals surface area contributed by atoms with E-state index in [4.69, 9.17) is 0 Å². The molecule has 0 radical (unpaired) electrons. The Balaban J connectivity index is 2.33. The Labute approximate surface area is 119 Å². The number of amides is 1. The average molecular weight is 269 g/mol. The quantitative estimate of drug-likeness (QED) is 0.857. The zero-order chi connectivity index (χ0) is 14.5. The summed E-state index contributed by atoms with van der Waals surface area (Å²) in [6, 6.07) is 9.77. The Kier molecular flexibility index (Phi) is 4.45. The Morgan fingerprint density at radius 1 is 1.15 bits per heavy atom. The van der Waals surface area contributed by atoms with Gasteiger partial charge in [0.1, 0.15) is 0 Å². The lowest BCUT2D eigenvalue weighted by Crippen LogP contribution is -2.31. The van der Waals surface area contributed by atoms with Crippen molar-refractivity contribution in [2.24, 2.45) is 0 Å². The van der Waals surface area contributed by atoms with Gasteiger partial charge in [0.25, 0.3) is 5.91 Å². The second kappa shape index (κ2) is 6.28. The van der Waals surface area contributed by atoms with Crippen molar-refractivity contribution in [3.63, 3.8) is 0 Å². The number of hydrogen-bond donors (Lipinski definition) is 0. The van der Waals surface area contributed by atoms with Gasteiger partial charge >= 0.3 is 0 Å². The number of nitrogens with zero attached hydrogens (tertiary/aromatic N) is 3. The molecule has 1 heterocycles. The Morgan fingerprint density at radius 2 is 1.80 bits per heavy atom. The molecule has 104 valence electrons. The molecule has 0 N–H and O–H groups in total. The number of rotatable bonds is 4. The molecular formula is C16H19N3O. The van der Waals surface area contributed by atoms with Gasteiger partial charge in [0.15, 0.2) is 5.82 Å². The van der Waals surface area contributed by atoms with Crippen LogP contribution in [0.15, 0.2) is 36.5 Å². The second-order valence-corrected chi connectivity index (χ2v) is 4.54. The molecule has 1 amide bonds. The fourth-order valence-electron chi connectivity index (χ4n) is 2.08. The highest BCUT2D eigenvalue weighted by molar-refractivity contribution is 5.95. The Bertz CT molecular complexity index is 592. The van der Waals surface area contributed by atoms with Crippen LogP contribution in [0.2, 0.25) is 0 Å². The van der Waals surface area contributed by atoms with E-state index in [1.807, 2.05) is 51.1 Å². The molecule has 2 aromatic rings. The maximum Gasteiger partial charge on any atom is 0.257 e. The summed E-state index contributed by atoms with van der Waals surface area (Å²) in [5, 5.41) is 0. The highest BCUT2D eigenvalue weighted by Gasteiger charge is 2.16. The predicted octanol–water partition coefficient (Wildman–Crippen LogP) is 2.93. The van der Waals surface area contributed by atoms with Crippen molar-refractivity contribution in [1.29, 1.82) is 0 Å². The van der Waals surface area contributed by atoms with Crippen LogP contribution in [0.3, 0.4) is 0 Å². The molecule has 20 heavy (non-hydrogen) atoms. The molecule has 2 rings (SSSR count). The predicted molar refractivity (Wildman–Crippen MR) is 79.5 cm³/mol. The highest BCUT2D eigenvalue weighted by atomic mass is 16.2. The van der Waals surface area contributed by atoms with E-state index in [0.717, 1.165) is 11.3 Å².